The molecule has 17 heavy (non-hydrogen) atoms. The Morgan fingerprint density at radius 3 is 2.24 bits per heavy atom. The zero-order chi connectivity index (χ0) is 13.4. The van der Waals surface area contributed by atoms with Crippen molar-refractivity contribution in [2.24, 2.45) is 11.8 Å². The molecule has 98 valence electrons. The highest BCUT2D eigenvalue weighted by Gasteiger charge is 2.13. The van der Waals surface area contributed by atoms with E-state index in [2.05, 4.69) is 13.2 Å². The van der Waals surface area contributed by atoms with Gasteiger partial charge in [-0.05, 0) is 32.6 Å². The number of allylic oxidation sites excluding steroid dienone is 1. The first-order chi connectivity index (χ1) is 7.82. The molecule has 1 unspecified atom stereocenters. The van der Waals surface area contributed by atoms with E-state index in [0.29, 0.717) is 18.9 Å². The summed E-state index contributed by atoms with van der Waals surface area (Å²) in [4.78, 5) is 11.4. The van der Waals surface area contributed by atoms with Crippen molar-refractivity contribution in [3.8, 4) is 0 Å². The maximum Gasteiger partial charge on any atom is 0.306 e. The fraction of sp³-hybridized carbons (Fsp3) is 0.667. The zero-order valence-electron chi connectivity index (χ0n) is 11.7. The zero-order valence-corrected chi connectivity index (χ0v) is 11.7. The molecule has 0 spiro atoms. The van der Waals surface area contributed by atoms with Gasteiger partial charge >= 0.3 is 5.97 Å². The van der Waals surface area contributed by atoms with Crippen molar-refractivity contribution in [2.75, 3.05) is 6.61 Å². The topological polar surface area (TPSA) is 26.3 Å². The summed E-state index contributed by atoms with van der Waals surface area (Å²) in [7, 11) is 0. The molecule has 0 amide bonds. The van der Waals surface area contributed by atoms with E-state index in [1.54, 1.807) is 0 Å². The number of rotatable bonds is 8. The Labute approximate surface area is 106 Å². The molecule has 0 saturated heterocycles. The number of hydrogen-bond donors (Lipinski definition) is 0. The second kappa shape index (κ2) is 8.10. The molecule has 0 aliphatic heterocycles. The highest BCUT2D eigenvalue weighted by Crippen LogP contribution is 2.18. The average molecular weight is 238 g/mol. The van der Waals surface area contributed by atoms with Crippen molar-refractivity contribution in [3.05, 3.63) is 24.3 Å². The minimum absolute atomic E-state index is 0.110. The molecule has 2 heteroatoms. The summed E-state index contributed by atoms with van der Waals surface area (Å²) >= 11 is 0. The molecular weight excluding hydrogens is 212 g/mol. The Morgan fingerprint density at radius 2 is 1.82 bits per heavy atom. The van der Waals surface area contributed by atoms with Gasteiger partial charge in [-0.1, -0.05) is 31.6 Å². The van der Waals surface area contributed by atoms with Gasteiger partial charge in [-0.25, -0.2) is 0 Å². The van der Waals surface area contributed by atoms with Crippen LogP contribution in [0.2, 0.25) is 0 Å². The molecule has 0 bridgehead atoms. The summed E-state index contributed by atoms with van der Waals surface area (Å²) in [5.41, 5.74) is 2.23. The lowest BCUT2D eigenvalue weighted by Gasteiger charge is -2.17. The van der Waals surface area contributed by atoms with Crippen LogP contribution in [0, 0.1) is 11.8 Å². The molecule has 0 saturated carbocycles. The normalized spacial score (nSPS) is 12.3. The van der Waals surface area contributed by atoms with Gasteiger partial charge in [-0.15, -0.1) is 6.58 Å². The van der Waals surface area contributed by atoms with Crippen LogP contribution >= 0.6 is 0 Å². The summed E-state index contributed by atoms with van der Waals surface area (Å²) in [6.45, 7) is 16.3. The standard InChI is InChI=1S/C15H26O2/c1-11(2)7-8-14(13(5)6)10-17-15(16)9-12(3)4/h12,14H,1,5,7-10H2,2-4,6H3. The van der Waals surface area contributed by atoms with E-state index in [0.717, 1.165) is 24.0 Å². The molecule has 0 aromatic heterocycles. The first-order valence-electron chi connectivity index (χ1n) is 6.28. The predicted octanol–water partition coefficient (Wildman–Crippen LogP) is 4.12. The lowest BCUT2D eigenvalue weighted by atomic mass is 9.95. The van der Waals surface area contributed by atoms with E-state index in [1.165, 1.54) is 0 Å². The maximum absolute atomic E-state index is 11.4. The number of hydrogen-bond acceptors (Lipinski definition) is 2. The lowest BCUT2D eigenvalue weighted by Crippen LogP contribution is -2.16. The van der Waals surface area contributed by atoms with Crippen LogP contribution in [-0.4, -0.2) is 12.6 Å². The molecule has 1 atom stereocenters. The monoisotopic (exact) mass is 238 g/mol. The van der Waals surface area contributed by atoms with E-state index in [4.69, 9.17) is 4.74 Å². The van der Waals surface area contributed by atoms with Crippen LogP contribution in [0.1, 0.15) is 47.0 Å². The predicted molar refractivity (Wildman–Crippen MR) is 72.8 cm³/mol. The summed E-state index contributed by atoms with van der Waals surface area (Å²) in [5.74, 6) is 0.491. The van der Waals surface area contributed by atoms with Crippen molar-refractivity contribution >= 4 is 5.97 Å². The van der Waals surface area contributed by atoms with Crippen molar-refractivity contribution in [1.29, 1.82) is 0 Å². The van der Waals surface area contributed by atoms with E-state index in [1.807, 2.05) is 27.7 Å². The number of ether oxygens (including phenoxy) is 1. The van der Waals surface area contributed by atoms with Gasteiger partial charge in [0, 0.05) is 12.3 Å². The molecule has 2 nitrogen and oxygen atoms in total. The SMILES string of the molecule is C=C(C)CCC(COC(=O)CC(C)C)C(=C)C. The van der Waals surface area contributed by atoms with Crippen molar-refractivity contribution in [3.63, 3.8) is 0 Å². The average Bonchev–Trinajstić information content (AvgIpc) is 2.15. The molecule has 0 aromatic rings. The van der Waals surface area contributed by atoms with Crippen molar-refractivity contribution < 1.29 is 9.53 Å². The third kappa shape index (κ3) is 8.73. The highest BCUT2D eigenvalue weighted by atomic mass is 16.5. The third-order valence-corrected chi connectivity index (χ3v) is 2.64. The van der Waals surface area contributed by atoms with Gasteiger partial charge in [-0.3, -0.25) is 4.79 Å². The van der Waals surface area contributed by atoms with Crippen LogP contribution in [0.3, 0.4) is 0 Å². The van der Waals surface area contributed by atoms with Crippen molar-refractivity contribution in [2.45, 2.75) is 47.0 Å². The largest absolute Gasteiger partial charge is 0.465 e. The van der Waals surface area contributed by atoms with Crippen LogP contribution in [0.4, 0.5) is 0 Å². The van der Waals surface area contributed by atoms with Gasteiger partial charge in [0.05, 0.1) is 6.61 Å². The first kappa shape index (κ1) is 16.0. The lowest BCUT2D eigenvalue weighted by molar-refractivity contribution is -0.145. The van der Waals surface area contributed by atoms with E-state index < -0.39 is 0 Å². The van der Waals surface area contributed by atoms with Gasteiger partial charge in [0.25, 0.3) is 0 Å². The van der Waals surface area contributed by atoms with E-state index >= 15 is 0 Å². The maximum atomic E-state index is 11.4. The summed E-state index contributed by atoms with van der Waals surface area (Å²) < 4.78 is 5.28. The second-order valence-corrected chi connectivity index (χ2v) is 5.32. The number of carbonyl (C=O) groups excluding carboxylic acids is 1. The summed E-state index contributed by atoms with van der Waals surface area (Å²) in [5, 5.41) is 0. The Hall–Kier alpha value is -1.05. The third-order valence-electron chi connectivity index (χ3n) is 2.64. The van der Waals surface area contributed by atoms with E-state index in [-0.39, 0.29) is 11.9 Å². The van der Waals surface area contributed by atoms with Gasteiger partial charge < -0.3 is 4.74 Å². The van der Waals surface area contributed by atoms with Gasteiger partial charge in [0.1, 0.15) is 0 Å². The smallest absolute Gasteiger partial charge is 0.306 e. The Balaban J connectivity index is 4.05. The Bertz CT molecular complexity index is 277. The minimum Gasteiger partial charge on any atom is -0.465 e. The molecule has 0 rings (SSSR count). The Morgan fingerprint density at radius 1 is 1.24 bits per heavy atom. The fourth-order valence-electron chi connectivity index (χ4n) is 1.48. The van der Waals surface area contributed by atoms with Crippen LogP contribution in [0.25, 0.3) is 0 Å². The molecule has 0 N–H and O–H groups in total. The fourth-order valence-corrected chi connectivity index (χ4v) is 1.48. The van der Waals surface area contributed by atoms with Gasteiger partial charge in [0.15, 0.2) is 0 Å². The van der Waals surface area contributed by atoms with Crippen LogP contribution in [-0.2, 0) is 9.53 Å². The minimum atomic E-state index is -0.110. The molecule has 0 aromatic carbocycles. The molecule has 0 fully saturated rings. The molecule has 0 radical (unpaired) electrons. The van der Waals surface area contributed by atoms with Crippen LogP contribution in [0.15, 0.2) is 24.3 Å². The van der Waals surface area contributed by atoms with Crippen molar-refractivity contribution in [1.82, 2.24) is 0 Å². The van der Waals surface area contributed by atoms with E-state index in [9.17, 15) is 4.79 Å². The summed E-state index contributed by atoms with van der Waals surface area (Å²) in [6.07, 6.45) is 2.41. The number of esters is 1. The molecule has 0 aliphatic carbocycles. The number of carbonyl (C=O) groups is 1. The van der Waals surface area contributed by atoms with Gasteiger partial charge in [-0.2, -0.15) is 0 Å². The van der Waals surface area contributed by atoms with Gasteiger partial charge in [0.2, 0.25) is 0 Å². The quantitative estimate of drug-likeness (QED) is 0.469. The summed E-state index contributed by atoms with van der Waals surface area (Å²) in [6, 6.07) is 0. The highest BCUT2D eigenvalue weighted by molar-refractivity contribution is 5.69. The van der Waals surface area contributed by atoms with Crippen LogP contribution < -0.4 is 0 Å². The molecule has 0 heterocycles. The molecular formula is C15H26O2. The first-order valence-corrected chi connectivity index (χ1v) is 6.28. The molecule has 0 aliphatic rings. The Kier molecular flexibility index (Phi) is 7.60. The second-order valence-electron chi connectivity index (χ2n) is 5.32. The van der Waals surface area contributed by atoms with Crippen LogP contribution in [0.5, 0.6) is 0 Å².